The lowest BCUT2D eigenvalue weighted by Gasteiger charge is -2.31. The molecule has 0 radical (unpaired) electrons. The molecule has 0 unspecified atom stereocenters. The van der Waals surface area contributed by atoms with Gasteiger partial charge in [-0.3, -0.25) is 0 Å². The lowest BCUT2D eigenvalue weighted by molar-refractivity contribution is 0.154. The Balaban J connectivity index is 1.66. The summed E-state index contributed by atoms with van der Waals surface area (Å²) in [6, 6.07) is 6.85. The Hall–Kier alpha value is -1.52. The molecule has 5 heteroatoms. The molecule has 26 heavy (non-hydrogen) atoms. The van der Waals surface area contributed by atoms with Crippen molar-refractivity contribution in [3.8, 4) is 5.75 Å². The van der Waals surface area contributed by atoms with Crippen LogP contribution < -0.4 is 4.74 Å². The third kappa shape index (κ3) is 7.00. The normalized spacial score (nSPS) is 20.0. The van der Waals surface area contributed by atoms with E-state index in [1.807, 2.05) is 6.08 Å². The van der Waals surface area contributed by atoms with E-state index in [2.05, 4.69) is 18.5 Å². The molecule has 144 valence electrons. The number of hydrogen-bond acceptors (Lipinski definition) is 3. The summed E-state index contributed by atoms with van der Waals surface area (Å²) in [4.78, 5) is 16.2. The van der Waals surface area contributed by atoms with Crippen LogP contribution in [0.5, 0.6) is 5.75 Å². The number of amides is 1. The van der Waals surface area contributed by atoms with Crippen LogP contribution in [-0.2, 0) is 0 Å². The van der Waals surface area contributed by atoms with Crippen LogP contribution in [0.25, 0.3) is 0 Å². The molecule has 4 nitrogen and oxygen atoms in total. The minimum absolute atomic E-state index is 0.313. The summed E-state index contributed by atoms with van der Waals surface area (Å²) in [6.45, 7) is 6.65. The van der Waals surface area contributed by atoms with Gasteiger partial charge in [-0.2, -0.15) is 0 Å². The summed E-state index contributed by atoms with van der Waals surface area (Å²) in [5, 5.41) is 0.629. The number of rotatable bonds is 8. The number of ether oxygens (including phenoxy) is 1. The topological polar surface area (TPSA) is 32.8 Å². The fourth-order valence-corrected chi connectivity index (χ4v) is 3.71. The molecule has 0 heterocycles. The number of nitrogens with zero attached hydrogens (tertiary/aromatic N) is 2. The molecule has 1 saturated carbocycles. The molecule has 1 amide bonds. The molecule has 0 aromatic heterocycles. The predicted octanol–water partition coefficient (Wildman–Crippen LogP) is 5.08. The maximum Gasteiger partial charge on any atom is 0.414 e. The van der Waals surface area contributed by atoms with Crippen molar-refractivity contribution in [1.29, 1.82) is 0 Å². The molecule has 0 bridgehead atoms. The van der Waals surface area contributed by atoms with Crippen LogP contribution in [0.1, 0.15) is 32.1 Å². The first-order chi connectivity index (χ1) is 12.5. The van der Waals surface area contributed by atoms with Gasteiger partial charge in [0.05, 0.1) is 0 Å². The highest BCUT2D eigenvalue weighted by Crippen LogP contribution is 2.31. The van der Waals surface area contributed by atoms with E-state index in [9.17, 15) is 4.79 Å². The van der Waals surface area contributed by atoms with Gasteiger partial charge in [0.15, 0.2) is 0 Å². The Bertz CT molecular complexity index is 568. The molecule has 0 aliphatic heterocycles. The van der Waals surface area contributed by atoms with Crippen LogP contribution >= 0.6 is 11.6 Å². The van der Waals surface area contributed by atoms with E-state index >= 15 is 0 Å². The molecule has 0 atom stereocenters. The van der Waals surface area contributed by atoms with Gasteiger partial charge >= 0.3 is 6.09 Å². The zero-order valence-corrected chi connectivity index (χ0v) is 16.8. The van der Waals surface area contributed by atoms with E-state index in [4.69, 9.17) is 16.3 Å². The highest BCUT2D eigenvalue weighted by Gasteiger charge is 2.23. The number of hydrogen-bond donors (Lipinski definition) is 0. The lowest BCUT2D eigenvalue weighted by atomic mass is 9.80. The quantitative estimate of drug-likeness (QED) is 0.591. The van der Waals surface area contributed by atoms with E-state index in [-0.39, 0.29) is 6.09 Å². The second-order valence-corrected chi connectivity index (χ2v) is 7.87. The molecule has 1 aromatic rings. The smallest absolute Gasteiger partial charge is 0.410 e. The fraction of sp³-hybridized carbons (Fsp3) is 0.571. The molecule has 2 rings (SSSR count). The minimum atomic E-state index is -0.313. The number of likely N-dealkylation sites (N-methyl/N-ethyl adjacent to an activating group) is 1. The van der Waals surface area contributed by atoms with Gasteiger partial charge < -0.3 is 14.5 Å². The fourth-order valence-electron chi connectivity index (χ4n) is 3.59. The lowest BCUT2D eigenvalue weighted by Crippen LogP contribution is -2.33. The zero-order chi connectivity index (χ0) is 18.9. The van der Waals surface area contributed by atoms with Crippen molar-refractivity contribution in [2.24, 2.45) is 11.8 Å². The summed E-state index contributed by atoms with van der Waals surface area (Å²) < 4.78 is 5.37. The van der Waals surface area contributed by atoms with Gasteiger partial charge in [-0.05, 0) is 62.4 Å². The number of carbonyl (C=O) groups excluding carboxylic acids is 1. The first-order valence-electron chi connectivity index (χ1n) is 9.46. The van der Waals surface area contributed by atoms with Gasteiger partial charge in [0.25, 0.3) is 0 Å². The van der Waals surface area contributed by atoms with E-state index < -0.39 is 0 Å². The SMILES string of the molecule is C=CCN(C)C[C@H]1CC[C@H](CCN(C)C(=O)Oc2ccc(Cl)cc2)CC1. The summed E-state index contributed by atoms with van der Waals surface area (Å²) in [7, 11) is 3.96. The Kier molecular flexibility index (Phi) is 8.46. The Morgan fingerprint density at radius 3 is 2.42 bits per heavy atom. The molecular formula is C21H31ClN2O2. The average molecular weight is 379 g/mol. The Labute approximate surface area is 162 Å². The molecule has 1 aromatic carbocycles. The largest absolute Gasteiger partial charge is 0.414 e. The maximum atomic E-state index is 12.2. The number of benzene rings is 1. The van der Waals surface area contributed by atoms with Gasteiger partial charge in [-0.1, -0.05) is 30.5 Å². The Morgan fingerprint density at radius 2 is 1.81 bits per heavy atom. The first kappa shape index (κ1) is 20.8. The van der Waals surface area contributed by atoms with Crippen LogP contribution in [0.15, 0.2) is 36.9 Å². The molecule has 0 saturated heterocycles. The molecule has 0 N–H and O–H groups in total. The summed E-state index contributed by atoms with van der Waals surface area (Å²) in [5.74, 6) is 2.03. The van der Waals surface area contributed by atoms with Gasteiger partial charge in [0.2, 0.25) is 0 Å². The van der Waals surface area contributed by atoms with E-state index in [1.165, 1.54) is 25.7 Å². The summed E-state index contributed by atoms with van der Waals surface area (Å²) in [5.41, 5.74) is 0. The molecule has 1 fully saturated rings. The minimum Gasteiger partial charge on any atom is -0.410 e. The standard InChI is InChI=1S/C21H31ClN2O2/c1-4-14-23(2)16-18-7-5-17(6-8-18)13-15-24(3)21(25)26-20-11-9-19(22)10-12-20/h4,9-12,17-18H,1,5-8,13-16H2,2-3H3/t17-,18-. The number of halogens is 1. The third-order valence-electron chi connectivity index (χ3n) is 5.18. The van der Waals surface area contributed by atoms with Crippen molar-refractivity contribution in [2.75, 3.05) is 33.7 Å². The van der Waals surface area contributed by atoms with Crippen molar-refractivity contribution in [3.63, 3.8) is 0 Å². The highest BCUT2D eigenvalue weighted by atomic mass is 35.5. The van der Waals surface area contributed by atoms with Gasteiger partial charge in [-0.15, -0.1) is 6.58 Å². The predicted molar refractivity (Wildman–Crippen MR) is 108 cm³/mol. The monoisotopic (exact) mass is 378 g/mol. The van der Waals surface area contributed by atoms with Crippen LogP contribution in [0, 0.1) is 11.8 Å². The van der Waals surface area contributed by atoms with Crippen LogP contribution in [0.2, 0.25) is 5.02 Å². The third-order valence-corrected chi connectivity index (χ3v) is 5.43. The second-order valence-electron chi connectivity index (χ2n) is 7.43. The van der Waals surface area contributed by atoms with Crippen molar-refractivity contribution < 1.29 is 9.53 Å². The molecule has 1 aliphatic rings. The zero-order valence-electron chi connectivity index (χ0n) is 16.0. The number of carbonyl (C=O) groups is 1. The van der Waals surface area contributed by atoms with Crippen LogP contribution in [0.3, 0.4) is 0 Å². The summed E-state index contributed by atoms with van der Waals surface area (Å²) >= 11 is 5.84. The van der Waals surface area contributed by atoms with Gasteiger partial charge in [0.1, 0.15) is 5.75 Å². The van der Waals surface area contributed by atoms with E-state index in [0.29, 0.717) is 16.7 Å². The highest BCUT2D eigenvalue weighted by molar-refractivity contribution is 6.30. The molecule has 1 aliphatic carbocycles. The molecular weight excluding hydrogens is 348 g/mol. The van der Waals surface area contributed by atoms with Gasteiger partial charge in [0, 0.05) is 31.7 Å². The van der Waals surface area contributed by atoms with Crippen molar-refractivity contribution in [2.45, 2.75) is 32.1 Å². The molecule has 0 spiro atoms. The van der Waals surface area contributed by atoms with E-state index in [1.54, 1.807) is 36.2 Å². The maximum absolute atomic E-state index is 12.2. The van der Waals surface area contributed by atoms with Gasteiger partial charge in [-0.25, -0.2) is 4.79 Å². The first-order valence-corrected chi connectivity index (χ1v) is 9.83. The van der Waals surface area contributed by atoms with Crippen LogP contribution in [0.4, 0.5) is 4.79 Å². The Morgan fingerprint density at radius 1 is 1.19 bits per heavy atom. The summed E-state index contributed by atoms with van der Waals surface area (Å²) in [6.07, 6.45) is 7.77. The van der Waals surface area contributed by atoms with Crippen LogP contribution in [-0.4, -0.2) is 49.6 Å². The van der Waals surface area contributed by atoms with Crippen molar-refractivity contribution in [3.05, 3.63) is 41.9 Å². The average Bonchev–Trinajstić information content (AvgIpc) is 2.63. The van der Waals surface area contributed by atoms with Crippen molar-refractivity contribution in [1.82, 2.24) is 9.80 Å². The van der Waals surface area contributed by atoms with Crippen molar-refractivity contribution >= 4 is 17.7 Å². The second kappa shape index (κ2) is 10.6. The van der Waals surface area contributed by atoms with E-state index in [0.717, 1.165) is 32.0 Å².